The number of hydrogen-bond donors (Lipinski definition) is 2. The first-order valence-corrected chi connectivity index (χ1v) is 32.0. The summed E-state index contributed by atoms with van der Waals surface area (Å²) < 4.78 is 0. The molecule has 18 rings (SSSR count). The molecule has 90 heavy (non-hydrogen) atoms. The van der Waals surface area contributed by atoms with Crippen molar-refractivity contribution in [3.63, 3.8) is 0 Å². The predicted molar refractivity (Wildman–Crippen MR) is 372 cm³/mol. The Morgan fingerprint density at radius 2 is 0.967 bits per heavy atom. The van der Waals surface area contributed by atoms with Crippen LogP contribution < -0.4 is 10.6 Å². The van der Waals surface area contributed by atoms with E-state index < -0.39 is 0 Å². The molecule has 0 bridgehead atoms. The molecule has 1 fully saturated rings. The van der Waals surface area contributed by atoms with Crippen LogP contribution in [0, 0.1) is 11.8 Å². The lowest BCUT2D eigenvalue weighted by Gasteiger charge is -2.46. The van der Waals surface area contributed by atoms with E-state index in [1.165, 1.54) is 87.8 Å². The van der Waals surface area contributed by atoms with E-state index in [4.69, 9.17) is 19.9 Å². The van der Waals surface area contributed by atoms with Crippen molar-refractivity contribution in [2.24, 2.45) is 11.8 Å². The molecule has 428 valence electrons. The van der Waals surface area contributed by atoms with Gasteiger partial charge in [0.2, 0.25) is 0 Å². The summed E-state index contributed by atoms with van der Waals surface area (Å²) in [5.74, 6) is 1.62. The maximum absolute atomic E-state index is 5.28. The number of allylic oxidation sites excluding steroid dienone is 13. The summed E-state index contributed by atoms with van der Waals surface area (Å²) in [5.41, 5.74) is 21.7. The number of nitrogens with one attached hydrogen (secondary N) is 2. The van der Waals surface area contributed by atoms with Gasteiger partial charge in [-0.1, -0.05) is 261 Å². The lowest BCUT2D eigenvalue weighted by atomic mass is 9.67. The summed E-state index contributed by atoms with van der Waals surface area (Å²) in [4.78, 5) is 21.1. The minimum atomic E-state index is -0.249. The summed E-state index contributed by atoms with van der Waals surface area (Å²) in [6.07, 6.45) is 30.6. The zero-order chi connectivity index (χ0) is 59.2. The average molecular weight is 1160 g/mol. The summed E-state index contributed by atoms with van der Waals surface area (Å²) in [7, 11) is 0. The smallest absolute Gasteiger partial charge is 0.160 e. The lowest BCUT2D eigenvalue weighted by Crippen LogP contribution is -2.49. The Morgan fingerprint density at radius 3 is 1.62 bits per heavy atom. The van der Waals surface area contributed by atoms with Crippen molar-refractivity contribution in [3.8, 4) is 45.3 Å². The molecule has 5 aliphatic carbocycles. The second-order valence-corrected chi connectivity index (χ2v) is 25.0. The highest BCUT2D eigenvalue weighted by atomic mass is 15.2. The number of hydrogen-bond acceptors (Lipinski definition) is 6. The first-order valence-electron chi connectivity index (χ1n) is 32.0. The Morgan fingerprint density at radius 1 is 0.411 bits per heavy atom. The quantitative estimate of drug-likeness (QED) is 0.133. The van der Waals surface area contributed by atoms with Gasteiger partial charge in [0.25, 0.3) is 0 Å². The number of nitrogens with zero attached hydrogens (tertiary/aromatic N) is 4. The third-order valence-electron chi connectivity index (χ3n) is 19.8. The highest BCUT2D eigenvalue weighted by molar-refractivity contribution is 6.24. The second kappa shape index (κ2) is 21.6. The van der Waals surface area contributed by atoms with Crippen molar-refractivity contribution < 1.29 is 0 Å². The highest BCUT2D eigenvalue weighted by Crippen LogP contribution is 2.53. The minimum Gasteiger partial charge on any atom is -0.369 e. The van der Waals surface area contributed by atoms with Gasteiger partial charge in [0, 0.05) is 51.7 Å². The van der Waals surface area contributed by atoms with Gasteiger partial charge in [-0.2, -0.15) is 0 Å². The van der Waals surface area contributed by atoms with Gasteiger partial charge in [-0.3, -0.25) is 5.32 Å². The molecule has 5 unspecified atom stereocenters. The Hall–Kier alpha value is -10.7. The molecule has 1 aliphatic heterocycles. The highest BCUT2D eigenvalue weighted by Gasteiger charge is 2.42. The zero-order valence-electron chi connectivity index (χ0n) is 49.7. The van der Waals surface area contributed by atoms with Crippen molar-refractivity contribution in [2.45, 2.75) is 50.2 Å². The summed E-state index contributed by atoms with van der Waals surface area (Å²) in [6.45, 7) is 0. The number of fused-ring (bicyclic) bond motifs is 1. The maximum Gasteiger partial charge on any atom is 0.160 e. The molecule has 10 aromatic carbocycles. The van der Waals surface area contributed by atoms with Crippen molar-refractivity contribution in [2.75, 3.05) is 0 Å². The molecule has 1 saturated heterocycles. The molecule has 0 amide bonds. The summed E-state index contributed by atoms with van der Waals surface area (Å²) >= 11 is 0. The third-order valence-corrected chi connectivity index (χ3v) is 19.8. The molecule has 6 nitrogen and oxygen atoms in total. The van der Waals surface area contributed by atoms with Crippen LogP contribution in [0.2, 0.25) is 0 Å². The fourth-order valence-corrected chi connectivity index (χ4v) is 15.4. The van der Waals surface area contributed by atoms with Gasteiger partial charge in [0.05, 0.1) is 22.8 Å². The average Bonchev–Trinajstić information content (AvgIpc) is 0.754. The van der Waals surface area contributed by atoms with E-state index in [0.717, 1.165) is 99.7 Å². The van der Waals surface area contributed by atoms with Crippen molar-refractivity contribution in [1.29, 1.82) is 0 Å². The molecule has 5 atom stereocenters. The van der Waals surface area contributed by atoms with Gasteiger partial charge in [0.1, 0.15) is 6.17 Å². The van der Waals surface area contributed by atoms with Gasteiger partial charge in [-0.15, -0.1) is 0 Å². The fraction of sp³-hybridized carbons (Fsp3) is 0.119. The van der Waals surface area contributed by atoms with Gasteiger partial charge >= 0.3 is 0 Å². The topological polar surface area (TPSA) is 75.6 Å². The van der Waals surface area contributed by atoms with E-state index in [1.54, 1.807) is 0 Å². The molecule has 2 aromatic heterocycles. The molecular formula is C84H62N6. The fourth-order valence-electron chi connectivity index (χ4n) is 15.4. The Labute approximate surface area is 523 Å². The van der Waals surface area contributed by atoms with Crippen molar-refractivity contribution >= 4 is 72.0 Å². The second-order valence-electron chi connectivity index (χ2n) is 25.0. The SMILES string of the molecule is C1=CC(c2cc(C3=CCCC=C3)nc(-c3ccc(C4NC5=C(C6C=Cc7ccc8cccc9c8c7C6C=C9)C=C(c6ccc7ccc8cccc9ccc6c7c89)CC5C(c5ccc(-c6nc(-c7ccccc7)cc(-c7ccccc7)n6)cc5)N4)cc3)n2)=CCC1. The molecule has 6 aliphatic rings. The number of rotatable bonds is 10. The summed E-state index contributed by atoms with van der Waals surface area (Å²) in [5, 5.41) is 19.1. The van der Waals surface area contributed by atoms with Gasteiger partial charge in [-0.25, -0.2) is 19.9 Å². The molecule has 2 N–H and O–H groups in total. The van der Waals surface area contributed by atoms with Crippen molar-refractivity contribution in [3.05, 3.63) is 317 Å². The van der Waals surface area contributed by atoms with E-state index in [9.17, 15) is 0 Å². The molecule has 3 heterocycles. The minimum absolute atomic E-state index is 0.0218. The van der Waals surface area contributed by atoms with Crippen LogP contribution in [0.3, 0.4) is 0 Å². The zero-order valence-corrected chi connectivity index (χ0v) is 49.7. The van der Waals surface area contributed by atoms with Gasteiger partial charge in [0.15, 0.2) is 11.6 Å². The molecule has 0 spiro atoms. The van der Waals surface area contributed by atoms with Crippen LogP contribution in [-0.4, -0.2) is 19.9 Å². The molecule has 0 saturated carbocycles. The monoisotopic (exact) mass is 1150 g/mol. The van der Waals surface area contributed by atoms with Crippen LogP contribution in [0.5, 0.6) is 0 Å². The van der Waals surface area contributed by atoms with Crippen LogP contribution in [0.4, 0.5) is 0 Å². The van der Waals surface area contributed by atoms with Crippen LogP contribution in [0.25, 0.3) is 117 Å². The van der Waals surface area contributed by atoms with E-state index in [0.29, 0.717) is 5.82 Å². The largest absolute Gasteiger partial charge is 0.369 e. The van der Waals surface area contributed by atoms with E-state index in [2.05, 4.69) is 284 Å². The third kappa shape index (κ3) is 9.04. The van der Waals surface area contributed by atoms with E-state index in [1.807, 2.05) is 0 Å². The normalized spacial score (nSPS) is 19.9. The standard InChI is InChI=1S/C84H62N6/c1-5-15-51(16-6-1)72-49-73(52-17-7-2-8-18-52)86-82(85-72)62-33-31-61(32-34-62)80-71-48-65(66-43-39-59-29-27-55-23-13-25-57-41-45-68(66)78(59)76(55)57)47-70(67-44-40-60-30-28-56-24-14-26-58-42-46-69(67)79(60)77(56)58)81(71)90-84(89-80)64-37-35-63(36-38-64)83-87-74(53-19-9-3-10-20-53)50-75(88-83)54-21-11-4-12-22-54/h1-2,5-9,11,13-47,49-50,67,69,71,80,84,89-90H,3-4,10,12,48H2. The lowest BCUT2D eigenvalue weighted by molar-refractivity contribution is 0.265. The van der Waals surface area contributed by atoms with Crippen LogP contribution in [0.1, 0.15) is 95.0 Å². The van der Waals surface area contributed by atoms with E-state index >= 15 is 0 Å². The Kier molecular flexibility index (Phi) is 12.6. The number of aromatic nitrogens is 4. The van der Waals surface area contributed by atoms with Crippen LogP contribution >= 0.6 is 0 Å². The first kappa shape index (κ1) is 52.5. The molecule has 12 aromatic rings. The predicted octanol–water partition coefficient (Wildman–Crippen LogP) is 20.2. The Bertz CT molecular complexity index is 5030. The molecule has 6 heteroatoms. The molecule has 0 radical (unpaired) electrons. The Balaban J connectivity index is 0.805. The van der Waals surface area contributed by atoms with Crippen LogP contribution in [0.15, 0.2) is 272 Å². The van der Waals surface area contributed by atoms with E-state index in [-0.39, 0.29) is 30.0 Å². The molecular weight excluding hydrogens is 1090 g/mol. The van der Waals surface area contributed by atoms with Crippen molar-refractivity contribution in [1.82, 2.24) is 30.6 Å². The number of benzene rings is 10. The van der Waals surface area contributed by atoms with Gasteiger partial charge < -0.3 is 5.32 Å². The maximum atomic E-state index is 5.28. The van der Waals surface area contributed by atoms with Crippen LogP contribution in [-0.2, 0) is 0 Å². The first-order chi connectivity index (χ1) is 44.6. The van der Waals surface area contributed by atoms with Gasteiger partial charge in [-0.05, 0) is 143 Å². The summed E-state index contributed by atoms with van der Waals surface area (Å²) in [6, 6.07) is 75.4.